The zero-order valence-corrected chi connectivity index (χ0v) is 21.1. The maximum absolute atomic E-state index is 12.5. The van der Waals surface area contributed by atoms with E-state index in [2.05, 4.69) is 24.1 Å². The molecule has 0 aromatic carbocycles. The van der Waals surface area contributed by atoms with Gasteiger partial charge in [-0.15, -0.1) is 24.0 Å². The minimum atomic E-state index is -3.25. The van der Waals surface area contributed by atoms with Crippen molar-refractivity contribution in [2.75, 3.05) is 51.6 Å². The van der Waals surface area contributed by atoms with Crippen molar-refractivity contribution >= 4 is 40.0 Å². The summed E-state index contributed by atoms with van der Waals surface area (Å²) < 4.78 is 32.0. The van der Waals surface area contributed by atoms with E-state index in [0.717, 1.165) is 19.0 Å². The molecule has 0 radical (unpaired) electrons. The summed E-state index contributed by atoms with van der Waals surface area (Å²) in [5.41, 5.74) is 0.322. The van der Waals surface area contributed by atoms with Crippen molar-refractivity contribution in [2.24, 2.45) is 10.4 Å². The first-order valence-corrected chi connectivity index (χ1v) is 12.0. The first-order valence-electron chi connectivity index (χ1n) is 10.4. The second kappa shape index (κ2) is 11.9. The summed E-state index contributed by atoms with van der Waals surface area (Å²) in [4.78, 5) is 7.08. The molecule has 0 atom stereocenters. The third kappa shape index (κ3) is 7.95. The third-order valence-electron chi connectivity index (χ3n) is 5.48. The second-order valence-corrected chi connectivity index (χ2v) is 10.4. The molecule has 2 aliphatic rings. The molecular weight excluding hydrogens is 491 g/mol. The molecule has 0 unspecified atom stereocenters. The second-order valence-electron chi connectivity index (χ2n) is 8.31. The van der Waals surface area contributed by atoms with Crippen LogP contribution in [0, 0.1) is 5.41 Å². The summed E-state index contributed by atoms with van der Waals surface area (Å²) in [6.45, 7) is 12.5. The normalized spacial score (nSPS) is 21.0. The van der Waals surface area contributed by atoms with E-state index in [0.29, 0.717) is 31.6 Å². The van der Waals surface area contributed by atoms with E-state index >= 15 is 0 Å². The van der Waals surface area contributed by atoms with Gasteiger partial charge >= 0.3 is 0 Å². The van der Waals surface area contributed by atoms with Crippen LogP contribution in [0.4, 0.5) is 0 Å². The Kier molecular flexibility index (Phi) is 11.0. The first-order chi connectivity index (χ1) is 12.8. The van der Waals surface area contributed by atoms with Crippen LogP contribution in [-0.2, 0) is 14.8 Å². The Hall–Kier alpha value is -0.130. The van der Waals surface area contributed by atoms with E-state index in [9.17, 15) is 8.42 Å². The lowest BCUT2D eigenvalue weighted by Crippen LogP contribution is -2.54. The number of nitrogens with zero attached hydrogens (tertiary/aromatic N) is 3. The number of halogens is 1. The third-order valence-corrected chi connectivity index (χ3v) is 7.31. The molecule has 1 heterocycles. The SMILES string of the molecule is CCNC(=NCC1(C)CCCC1)N1CCN(S(=O)(=O)CCOC(C)C)CC1.I. The topological polar surface area (TPSA) is 74.2 Å². The minimum Gasteiger partial charge on any atom is -0.378 e. The van der Waals surface area contributed by atoms with Crippen molar-refractivity contribution in [3.05, 3.63) is 0 Å². The summed E-state index contributed by atoms with van der Waals surface area (Å²) in [6, 6.07) is 0. The van der Waals surface area contributed by atoms with E-state index < -0.39 is 10.0 Å². The number of rotatable bonds is 8. The molecule has 28 heavy (non-hydrogen) atoms. The number of sulfonamides is 1. The monoisotopic (exact) mass is 530 g/mol. The van der Waals surface area contributed by atoms with Gasteiger partial charge in [0.05, 0.1) is 18.5 Å². The van der Waals surface area contributed by atoms with Gasteiger partial charge in [0.15, 0.2) is 5.96 Å². The summed E-state index contributed by atoms with van der Waals surface area (Å²) in [6.07, 6.45) is 5.16. The Morgan fingerprint density at radius 1 is 1.18 bits per heavy atom. The molecule has 7 nitrogen and oxygen atoms in total. The molecule has 1 N–H and O–H groups in total. The zero-order chi connectivity index (χ0) is 19.9. The van der Waals surface area contributed by atoms with Crippen LogP contribution in [0.2, 0.25) is 0 Å². The van der Waals surface area contributed by atoms with Crippen molar-refractivity contribution in [1.82, 2.24) is 14.5 Å². The molecule has 0 amide bonds. The van der Waals surface area contributed by atoms with Crippen molar-refractivity contribution in [2.45, 2.75) is 59.5 Å². The van der Waals surface area contributed by atoms with Crippen LogP contribution in [0.25, 0.3) is 0 Å². The number of guanidine groups is 1. The van der Waals surface area contributed by atoms with Gasteiger partial charge in [0.25, 0.3) is 0 Å². The van der Waals surface area contributed by atoms with Crippen LogP contribution < -0.4 is 5.32 Å². The predicted molar refractivity (Wildman–Crippen MR) is 126 cm³/mol. The fourth-order valence-electron chi connectivity index (χ4n) is 3.77. The number of hydrogen-bond donors (Lipinski definition) is 1. The van der Waals surface area contributed by atoms with Crippen LogP contribution in [-0.4, -0.2) is 81.3 Å². The Labute approximate surface area is 188 Å². The number of aliphatic imine (C=N–C) groups is 1. The molecule has 1 aliphatic heterocycles. The summed E-state index contributed by atoms with van der Waals surface area (Å²) in [5.74, 6) is 0.975. The van der Waals surface area contributed by atoms with E-state index in [4.69, 9.17) is 9.73 Å². The quantitative estimate of drug-likeness (QED) is 0.297. The average molecular weight is 531 g/mol. The van der Waals surface area contributed by atoms with Gasteiger partial charge in [-0.2, -0.15) is 4.31 Å². The standard InChI is InChI=1S/C19H38N4O3S.HI/c1-5-20-18(21-16-19(4)8-6-7-9-19)22-10-12-23(13-11-22)27(24,25)15-14-26-17(2)3;/h17H,5-16H2,1-4H3,(H,20,21);1H. The number of hydrogen-bond acceptors (Lipinski definition) is 4. The van der Waals surface area contributed by atoms with Gasteiger partial charge < -0.3 is 15.0 Å². The molecule has 1 aliphatic carbocycles. The molecule has 0 aromatic rings. The van der Waals surface area contributed by atoms with Gasteiger partial charge in [0.1, 0.15) is 0 Å². The van der Waals surface area contributed by atoms with Crippen LogP contribution in [0.15, 0.2) is 4.99 Å². The van der Waals surface area contributed by atoms with Gasteiger partial charge in [-0.05, 0) is 39.0 Å². The lowest BCUT2D eigenvalue weighted by atomic mass is 9.89. The fourth-order valence-corrected chi connectivity index (χ4v) is 5.06. The lowest BCUT2D eigenvalue weighted by molar-refractivity contribution is 0.0904. The summed E-state index contributed by atoms with van der Waals surface area (Å²) in [5, 5.41) is 3.38. The van der Waals surface area contributed by atoms with Gasteiger partial charge in [-0.25, -0.2) is 8.42 Å². The Bertz CT molecular complexity index is 584. The highest BCUT2D eigenvalue weighted by Gasteiger charge is 2.30. The van der Waals surface area contributed by atoms with E-state index in [-0.39, 0.29) is 42.4 Å². The zero-order valence-electron chi connectivity index (χ0n) is 17.9. The molecule has 1 saturated heterocycles. The molecular formula is C19H39IN4O3S. The maximum Gasteiger partial charge on any atom is 0.216 e. The Balaban J connectivity index is 0.00000392. The summed E-state index contributed by atoms with van der Waals surface area (Å²) in [7, 11) is -3.25. The smallest absolute Gasteiger partial charge is 0.216 e. The highest BCUT2D eigenvalue weighted by atomic mass is 127. The Morgan fingerprint density at radius 2 is 1.79 bits per heavy atom. The van der Waals surface area contributed by atoms with E-state index in [1.807, 2.05) is 13.8 Å². The fraction of sp³-hybridized carbons (Fsp3) is 0.947. The molecule has 9 heteroatoms. The van der Waals surface area contributed by atoms with Crippen molar-refractivity contribution < 1.29 is 13.2 Å². The molecule has 2 rings (SSSR count). The van der Waals surface area contributed by atoms with Crippen LogP contribution in [0.5, 0.6) is 0 Å². The first kappa shape index (κ1) is 25.9. The van der Waals surface area contributed by atoms with Crippen LogP contribution in [0.1, 0.15) is 53.4 Å². The number of piperazine rings is 1. The molecule has 1 saturated carbocycles. The molecule has 166 valence electrons. The van der Waals surface area contributed by atoms with Crippen molar-refractivity contribution in [3.8, 4) is 0 Å². The van der Waals surface area contributed by atoms with Crippen LogP contribution in [0.3, 0.4) is 0 Å². The molecule has 0 spiro atoms. The lowest BCUT2D eigenvalue weighted by Gasteiger charge is -2.36. The molecule has 0 aromatic heterocycles. The van der Waals surface area contributed by atoms with Gasteiger partial charge in [-0.1, -0.05) is 19.8 Å². The molecule has 0 bridgehead atoms. The highest BCUT2D eigenvalue weighted by Crippen LogP contribution is 2.37. The van der Waals surface area contributed by atoms with Crippen molar-refractivity contribution in [1.29, 1.82) is 0 Å². The van der Waals surface area contributed by atoms with E-state index in [1.165, 1.54) is 25.7 Å². The Morgan fingerprint density at radius 3 is 2.32 bits per heavy atom. The number of nitrogens with one attached hydrogen (secondary N) is 1. The van der Waals surface area contributed by atoms with Gasteiger partial charge in [0.2, 0.25) is 10.0 Å². The number of ether oxygens (including phenoxy) is 1. The largest absolute Gasteiger partial charge is 0.378 e. The van der Waals surface area contributed by atoms with Crippen LogP contribution >= 0.6 is 24.0 Å². The average Bonchev–Trinajstić information content (AvgIpc) is 3.05. The van der Waals surface area contributed by atoms with Crippen molar-refractivity contribution in [3.63, 3.8) is 0 Å². The minimum absolute atomic E-state index is 0. The summed E-state index contributed by atoms with van der Waals surface area (Å²) >= 11 is 0. The van der Waals surface area contributed by atoms with Gasteiger partial charge in [-0.3, -0.25) is 4.99 Å². The van der Waals surface area contributed by atoms with Gasteiger partial charge in [0, 0.05) is 39.3 Å². The van der Waals surface area contributed by atoms with E-state index in [1.54, 1.807) is 4.31 Å². The maximum atomic E-state index is 12.5. The predicted octanol–water partition coefficient (Wildman–Crippen LogP) is 2.52. The molecule has 2 fully saturated rings. The highest BCUT2D eigenvalue weighted by molar-refractivity contribution is 14.0.